The summed E-state index contributed by atoms with van der Waals surface area (Å²) in [4.78, 5) is 28.4. The molecule has 2 heterocycles. The maximum absolute atomic E-state index is 12.9. The van der Waals surface area contributed by atoms with E-state index < -0.39 is 11.9 Å². The van der Waals surface area contributed by atoms with E-state index in [0.717, 1.165) is 5.39 Å². The molecule has 0 spiro atoms. The topological polar surface area (TPSA) is 103 Å². The molecular formula is C22H20N2O6. The number of carbonyl (C=O) groups is 2. The summed E-state index contributed by atoms with van der Waals surface area (Å²) in [6, 6.07) is 12.3. The summed E-state index contributed by atoms with van der Waals surface area (Å²) < 4.78 is 21.5. The molecule has 1 amide bonds. The van der Waals surface area contributed by atoms with E-state index in [1.54, 1.807) is 31.2 Å². The first-order valence-corrected chi connectivity index (χ1v) is 9.30. The van der Waals surface area contributed by atoms with E-state index in [-0.39, 0.29) is 23.7 Å². The molecule has 154 valence electrons. The number of ether oxygens (including phenoxy) is 3. The Hall–Kier alpha value is -3.94. The van der Waals surface area contributed by atoms with Crippen LogP contribution in [-0.4, -0.2) is 37.7 Å². The number of carbonyl (C=O) groups excluding carboxylic acids is 2. The van der Waals surface area contributed by atoms with Gasteiger partial charge in [-0.25, -0.2) is 4.79 Å². The average molecular weight is 408 g/mol. The lowest BCUT2D eigenvalue weighted by molar-refractivity contribution is 0.0522. The van der Waals surface area contributed by atoms with Crippen LogP contribution in [0.1, 0.15) is 28.0 Å². The normalized spacial score (nSPS) is 10.9. The van der Waals surface area contributed by atoms with Gasteiger partial charge in [-0.2, -0.15) is 0 Å². The van der Waals surface area contributed by atoms with Gasteiger partial charge in [0.15, 0.2) is 17.3 Å². The van der Waals surface area contributed by atoms with Crippen LogP contribution in [-0.2, 0) is 4.74 Å². The summed E-state index contributed by atoms with van der Waals surface area (Å²) in [7, 11) is 3.03. The third-order valence-electron chi connectivity index (χ3n) is 4.67. The van der Waals surface area contributed by atoms with E-state index in [1.807, 2.05) is 18.2 Å². The number of hydrogen-bond donors (Lipinski definition) is 2. The smallest absolute Gasteiger partial charge is 0.356 e. The minimum Gasteiger partial charge on any atom is -0.493 e. The molecule has 0 aliphatic carbocycles. The summed E-state index contributed by atoms with van der Waals surface area (Å²) in [5.74, 6) is -0.0183. The summed E-state index contributed by atoms with van der Waals surface area (Å²) >= 11 is 0. The van der Waals surface area contributed by atoms with Gasteiger partial charge in [-0.3, -0.25) is 4.79 Å². The standard InChI is InChI=1S/C22H20N2O6/c1-4-29-22(26)20-19(13-10-16(27-2)17(28-3)11-14(13)23-20)24-21(25)18-9-12-7-5-6-8-15(12)30-18/h5-11,23H,4H2,1-3H3,(H,24,25). The van der Waals surface area contributed by atoms with Crippen LogP contribution in [0, 0.1) is 0 Å². The summed E-state index contributed by atoms with van der Waals surface area (Å²) in [5, 5.41) is 4.15. The first kappa shape index (κ1) is 19.4. The number of aromatic nitrogens is 1. The van der Waals surface area contributed by atoms with Gasteiger partial charge in [-0.1, -0.05) is 18.2 Å². The van der Waals surface area contributed by atoms with Crippen molar-refractivity contribution in [3.8, 4) is 11.5 Å². The molecule has 2 N–H and O–H groups in total. The SMILES string of the molecule is CCOC(=O)c1[nH]c2cc(OC)c(OC)cc2c1NC(=O)c1cc2ccccc2o1. The van der Waals surface area contributed by atoms with E-state index in [0.29, 0.717) is 28.0 Å². The van der Waals surface area contributed by atoms with Crippen molar-refractivity contribution in [1.29, 1.82) is 0 Å². The van der Waals surface area contributed by atoms with Crippen LogP contribution in [0.2, 0.25) is 0 Å². The highest BCUT2D eigenvalue weighted by atomic mass is 16.5. The predicted molar refractivity (Wildman–Crippen MR) is 112 cm³/mol. The fraction of sp³-hybridized carbons (Fsp3) is 0.182. The number of anilines is 1. The minimum absolute atomic E-state index is 0.117. The zero-order valence-electron chi connectivity index (χ0n) is 16.7. The first-order valence-electron chi connectivity index (χ1n) is 9.30. The van der Waals surface area contributed by atoms with Crippen LogP contribution < -0.4 is 14.8 Å². The van der Waals surface area contributed by atoms with Crippen LogP contribution >= 0.6 is 0 Å². The number of aromatic amines is 1. The molecule has 4 rings (SSSR count). The highest BCUT2D eigenvalue weighted by molar-refractivity contribution is 6.15. The molecule has 30 heavy (non-hydrogen) atoms. The Kier molecular flexibility index (Phi) is 5.05. The minimum atomic E-state index is -0.591. The van der Waals surface area contributed by atoms with Crippen molar-refractivity contribution in [1.82, 2.24) is 4.98 Å². The Balaban J connectivity index is 1.81. The van der Waals surface area contributed by atoms with Crippen molar-refractivity contribution in [3.63, 3.8) is 0 Å². The largest absolute Gasteiger partial charge is 0.493 e. The number of nitrogens with one attached hydrogen (secondary N) is 2. The van der Waals surface area contributed by atoms with Gasteiger partial charge in [0.1, 0.15) is 11.3 Å². The lowest BCUT2D eigenvalue weighted by Crippen LogP contribution is -2.15. The Morgan fingerprint density at radius 2 is 1.80 bits per heavy atom. The number of H-pyrrole nitrogens is 1. The molecular weight excluding hydrogens is 388 g/mol. The van der Waals surface area contributed by atoms with Crippen LogP contribution in [0.15, 0.2) is 46.9 Å². The average Bonchev–Trinajstić information content (AvgIpc) is 3.34. The maximum atomic E-state index is 12.9. The van der Waals surface area contributed by atoms with Crippen LogP contribution in [0.3, 0.4) is 0 Å². The predicted octanol–water partition coefficient (Wildman–Crippen LogP) is 4.36. The number of benzene rings is 2. The molecule has 8 heteroatoms. The summed E-state index contributed by atoms with van der Waals surface area (Å²) in [6.45, 7) is 1.90. The fourth-order valence-corrected chi connectivity index (χ4v) is 3.28. The van der Waals surface area contributed by atoms with E-state index in [4.69, 9.17) is 18.6 Å². The quantitative estimate of drug-likeness (QED) is 0.460. The highest BCUT2D eigenvalue weighted by Crippen LogP contribution is 2.37. The zero-order chi connectivity index (χ0) is 21.3. The van der Waals surface area contributed by atoms with Crippen LogP contribution in [0.25, 0.3) is 21.9 Å². The van der Waals surface area contributed by atoms with Crippen molar-refractivity contribution in [3.05, 3.63) is 53.9 Å². The van der Waals surface area contributed by atoms with E-state index >= 15 is 0 Å². The number of furan rings is 1. The molecule has 4 aromatic rings. The number of esters is 1. The van der Waals surface area contributed by atoms with Gasteiger partial charge in [0.2, 0.25) is 0 Å². The second-order valence-corrected chi connectivity index (χ2v) is 6.45. The molecule has 0 saturated heterocycles. The van der Waals surface area contributed by atoms with E-state index in [1.165, 1.54) is 14.2 Å². The Morgan fingerprint density at radius 1 is 1.07 bits per heavy atom. The molecule has 2 aromatic heterocycles. The Bertz CT molecular complexity index is 1220. The van der Waals surface area contributed by atoms with E-state index in [9.17, 15) is 9.59 Å². The summed E-state index contributed by atoms with van der Waals surface area (Å²) in [5.41, 5.74) is 1.57. The number of hydrogen-bond acceptors (Lipinski definition) is 6. The third kappa shape index (κ3) is 3.32. The van der Waals surface area contributed by atoms with Crippen molar-refractivity contribution in [2.75, 3.05) is 26.1 Å². The molecule has 0 aliphatic rings. The lowest BCUT2D eigenvalue weighted by atomic mass is 10.2. The molecule has 0 fully saturated rings. The Morgan fingerprint density at radius 3 is 2.50 bits per heavy atom. The van der Waals surface area contributed by atoms with Gasteiger partial charge < -0.3 is 28.9 Å². The van der Waals surface area contributed by atoms with Gasteiger partial charge in [0.25, 0.3) is 5.91 Å². The second-order valence-electron chi connectivity index (χ2n) is 6.45. The highest BCUT2D eigenvalue weighted by Gasteiger charge is 2.24. The molecule has 8 nitrogen and oxygen atoms in total. The number of amides is 1. The monoisotopic (exact) mass is 408 g/mol. The van der Waals surface area contributed by atoms with Gasteiger partial charge in [0, 0.05) is 16.8 Å². The number of para-hydroxylation sites is 1. The molecule has 0 unspecified atom stereocenters. The maximum Gasteiger partial charge on any atom is 0.356 e. The van der Waals surface area contributed by atoms with Crippen molar-refractivity contribution < 1.29 is 28.2 Å². The van der Waals surface area contributed by atoms with Gasteiger partial charge in [-0.05, 0) is 25.1 Å². The number of fused-ring (bicyclic) bond motifs is 2. The van der Waals surface area contributed by atoms with Crippen LogP contribution in [0.5, 0.6) is 11.5 Å². The molecule has 0 saturated carbocycles. The molecule has 0 bridgehead atoms. The molecule has 0 aliphatic heterocycles. The van der Waals surface area contributed by atoms with E-state index in [2.05, 4.69) is 10.3 Å². The van der Waals surface area contributed by atoms with Crippen molar-refractivity contribution in [2.45, 2.75) is 6.92 Å². The number of rotatable bonds is 6. The lowest BCUT2D eigenvalue weighted by Gasteiger charge is -2.09. The zero-order valence-corrected chi connectivity index (χ0v) is 16.7. The van der Waals surface area contributed by atoms with Gasteiger partial charge in [0.05, 0.1) is 32.0 Å². The van der Waals surface area contributed by atoms with Gasteiger partial charge >= 0.3 is 5.97 Å². The molecule has 0 radical (unpaired) electrons. The number of methoxy groups -OCH3 is 2. The van der Waals surface area contributed by atoms with Crippen molar-refractivity contribution >= 4 is 39.4 Å². The molecule has 2 aromatic carbocycles. The third-order valence-corrected chi connectivity index (χ3v) is 4.67. The van der Waals surface area contributed by atoms with Crippen molar-refractivity contribution in [2.24, 2.45) is 0 Å². The Labute approximate surface area is 171 Å². The first-order chi connectivity index (χ1) is 14.5. The fourth-order valence-electron chi connectivity index (χ4n) is 3.28. The summed E-state index contributed by atoms with van der Waals surface area (Å²) in [6.07, 6.45) is 0. The van der Waals surface area contributed by atoms with Crippen LogP contribution in [0.4, 0.5) is 5.69 Å². The molecule has 0 atom stereocenters. The second kappa shape index (κ2) is 7.82. The van der Waals surface area contributed by atoms with Gasteiger partial charge in [-0.15, -0.1) is 0 Å².